The summed E-state index contributed by atoms with van der Waals surface area (Å²) in [6.07, 6.45) is 1.02. The number of nitrogens with two attached hydrogens (primary N) is 1. The topological polar surface area (TPSA) is 50.4 Å². The largest absolute Gasteiger partial charge is 0.383 e. The lowest BCUT2D eigenvalue weighted by atomic mass is 10.1. The molecule has 0 saturated carbocycles. The lowest BCUT2D eigenvalue weighted by Gasteiger charge is -2.20. The molecule has 1 aromatic heterocycles. The van der Waals surface area contributed by atoms with E-state index in [2.05, 4.69) is 43.2 Å². The number of rotatable bonds is 5. The van der Waals surface area contributed by atoms with Gasteiger partial charge < -0.3 is 11.1 Å². The number of nitrogens with one attached hydrogen (secondary N) is 1. The van der Waals surface area contributed by atoms with E-state index in [1.165, 1.54) is 5.56 Å². The van der Waals surface area contributed by atoms with Crippen LogP contribution in [0.5, 0.6) is 0 Å². The molecule has 2 aromatic rings. The molecule has 0 aliphatic heterocycles. The fourth-order valence-corrected chi connectivity index (χ4v) is 2.56. The average Bonchev–Trinajstić information content (AvgIpc) is 2.93. The van der Waals surface area contributed by atoms with E-state index in [1.807, 2.05) is 29.6 Å². The molecular weight excluding hydrogens is 278 g/mol. The number of hydrogen-bond donors (Lipinski definition) is 2. The summed E-state index contributed by atoms with van der Waals surface area (Å²) in [6, 6.07) is 12.2. The third-order valence-electron chi connectivity index (χ3n) is 3.03. The van der Waals surface area contributed by atoms with E-state index in [9.17, 15) is 0 Å². The third-order valence-corrected chi connectivity index (χ3v) is 3.92. The molecule has 4 heteroatoms. The maximum atomic E-state index is 5.99. The molecule has 2 rings (SSSR count). The molecule has 0 aliphatic carbocycles. The first-order chi connectivity index (χ1) is 9.94. The molecule has 0 fully saturated rings. The Hall–Kier alpha value is -1.65. The zero-order chi connectivity index (χ0) is 15.3. The van der Waals surface area contributed by atoms with Crippen molar-refractivity contribution in [1.29, 1.82) is 0 Å². The molecule has 21 heavy (non-hydrogen) atoms. The predicted molar refractivity (Wildman–Crippen MR) is 92.6 cm³/mol. The van der Waals surface area contributed by atoms with Crippen molar-refractivity contribution in [2.24, 2.45) is 10.7 Å². The van der Waals surface area contributed by atoms with Crippen LogP contribution in [0.15, 0.2) is 46.8 Å². The number of amidine groups is 1. The molecule has 3 N–H and O–H groups in total. The summed E-state index contributed by atoms with van der Waals surface area (Å²) in [4.78, 5) is 5.46. The van der Waals surface area contributed by atoms with Crippen molar-refractivity contribution in [3.63, 3.8) is 0 Å². The van der Waals surface area contributed by atoms with Gasteiger partial charge in [-0.3, -0.25) is 0 Å². The smallest absolute Gasteiger partial charge is 0.141 e. The zero-order valence-electron chi connectivity index (χ0n) is 12.9. The summed E-state index contributed by atoms with van der Waals surface area (Å²) in [6.45, 7) is 7.51. The highest BCUT2D eigenvalue weighted by Crippen LogP contribution is 2.16. The van der Waals surface area contributed by atoms with Gasteiger partial charge in [-0.05, 0) is 62.9 Å². The van der Waals surface area contributed by atoms with Crippen LogP contribution in [-0.2, 0) is 6.42 Å². The molecule has 1 heterocycles. The van der Waals surface area contributed by atoms with Crippen LogP contribution in [0, 0.1) is 0 Å². The maximum absolute atomic E-state index is 5.99. The lowest BCUT2D eigenvalue weighted by molar-refractivity contribution is 0.429. The summed E-state index contributed by atoms with van der Waals surface area (Å²) in [5.41, 5.74) is 8.36. The number of benzene rings is 1. The van der Waals surface area contributed by atoms with Crippen LogP contribution in [0.3, 0.4) is 0 Å². The Morgan fingerprint density at radius 2 is 1.90 bits per heavy atom. The lowest BCUT2D eigenvalue weighted by Crippen LogP contribution is -2.37. The molecule has 0 radical (unpaired) electrons. The molecular formula is C17H23N3S. The molecule has 0 amide bonds. The van der Waals surface area contributed by atoms with E-state index in [0.29, 0.717) is 5.84 Å². The molecule has 0 bridgehead atoms. The van der Waals surface area contributed by atoms with Crippen molar-refractivity contribution in [3.8, 4) is 0 Å². The van der Waals surface area contributed by atoms with Gasteiger partial charge in [0, 0.05) is 5.54 Å². The minimum absolute atomic E-state index is 0.166. The molecule has 1 aromatic carbocycles. The van der Waals surface area contributed by atoms with Gasteiger partial charge in [0.1, 0.15) is 5.84 Å². The number of nitrogens with zero attached hydrogens (tertiary/aromatic N) is 1. The van der Waals surface area contributed by atoms with Gasteiger partial charge in [-0.2, -0.15) is 0 Å². The van der Waals surface area contributed by atoms with Gasteiger partial charge in [0.15, 0.2) is 0 Å². The minimum Gasteiger partial charge on any atom is -0.383 e. The first-order valence-electron chi connectivity index (χ1n) is 7.16. The maximum Gasteiger partial charge on any atom is 0.141 e. The normalized spacial score (nSPS) is 12.6. The Kier molecular flexibility index (Phi) is 5.15. The predicted octanol–water partition coefficient (Wildman–Crippen LogP) is 3.72. The van der Waals surface area contributed by atoms with E-state index in [-0.39, 0.29) is 5.54 Å². The summed E-state index contributed by atoms with van der Waals surface area (Å²) in [5.74, 6) is 0.576. The van der Waals surface area contributed by atoms with Gasteiger partial charge in [0.2, 0.25) is 0 Å². The summed E-state index contributed by atoms with van der Waals surface area (Å²) >= 11 is 1.60. The van der Waals surface area contributed by atoms with Crippen LogP contribution in [-0.4, -0.2) is 17.9 Å². The van der Waals surface area contributed by atoms with Gasteiger partial charge in [0.25, 0.3) is 0 Å². The summed E-state index contributed by atoms with van der Waals surface area (Å²) in [7, 11) is 0. The van der Waals surface area contributed by atoms with Crippen molar-refractivity contribution in [2.45, 2.75) is 32.7 Å². The van der Waals surface area contributed by atoms with E-state index >= 15 is 0 Å². The molecule has 0 spiro atoms. The Labute approximate surface area is 130 Å². The van der Waals surface area contributed by atoms with Crippen molar-refractivity contribution >= 4 is 22.9 Å². The van der Waals surface area contributed by atoms with Crippen molar-refractivity contribution in [2.75, 3.05) is 6.54 Å². The standard InChI is InChI=1S/C17H23N3S/c1-17(2,3)19-11-10-13-6-8-14(9-7-13)20-16(18)15-5-4-12-21-15/h4-9,12,19H,10-11H2,1-3H3,(H2,18,20). The minimum atomic E-state index is 0.166. The average molecular weight is 301 g/mol. The van der Waals surface area contributed by atoms with Crippen LogP contribution < -0.4 is 11.1 Å². The molecule has 0 unspecified atom stereocenters. The zero-order valence-corrected chi connectivity index (χ0v) is 13.7. The quantitative estimate of drug-likeness (QED) is 0.653. The van der Waals surface area contributed by atoms with Crippen LogP contribution in [0.1, 0.15) is 31.2 Å². The van der Waals surface area contributed by atoms with Gasteiger partial charge in [-0.25, -0.2) is 4.99 Å². The van der Waals surface area contributed by atoms with Crippen LogP contribution in [0.2, 0.25) is 0 Å². The van der Waals surface area contributed by atoms with E-state index in [0.717, 1.165) is 23.5 Å². The van der Waals surface area contributed by atoms with Gasteiger partial charge in [0.05, 0.1) is 10.6 Å². The fraction of sp³-hybridized carbons (Fsp3) is 0.353. The highest BCUT2D eigenvalue weighted by molar-refractivity contribution is 7.12. The van der Waals surface area contributed by atoms with Crippen LogP contribution in [0.25, 0.3) is 0 Å². The highest BCUT2D eigenvalue weighted by atomic mass is 32.1. The molecule has 112 valence electrons. The van der Waals surface area contributed by atoms with E-state index in [4.69, 9.17) is 5.73 Å². The second kappa shape index (κ2) is 6.87. The first kappa shape index (κ1) is 15.7. The van der Waals surface area contributed by atoms with Gasteiger partial charge >= 0.3 is 0 Å². The fourth-order valence-electron chi connectivity index (χ4n) is 1.94. The SMILES string of the molecule is CC(C)(C)NCCc1ccc(N=C(N)c2cccs2)cc1. The second-order valence-corrected chi connectivity index (χ2v) is 7.02. The van der Waals surface area contributed by atoms with Crippen molar-refractivity contribution in [3.05, 3.63) is 52.2 Å². The highest BCUT2D eigenvalue weighted by Gasteiger charge is 2.07. The molecule has 3 nitrogen and oxygen atoms in total. The second-order valence-electron chi connectivity index (χ2n) is 6.07. The Morgan fingerprint density at radius 3 is 2.48 bits per heavy atom. The first-order valence-corrected chi connectivity index (χ1v) is 8.04. The molecule has 0 saturated heterocycles. The molecule has 0 atom stereocenters. The van der Waals surface area contributed by atoms with Gasteiger partial charge in [-0.15, -0.1) is 11.3 Å². The number of thiophene rings is 1. The number of hydrogen-bond acceptors (Lipinski definition) is 3. The summed E-state index contributed by atoms with van der Waals surface area (Å²) < 4.78 is 0. The van der Waals surface area contributed by atoms with Crippen molar-refractivity contribution in [1.82, 2.24) is 5.32 Å². The Bertz CT molecular complexity index is 577. The number of aliphatic imine (C=N–C) groups is 1. The van der Waals surface area contributed by atoms with Crippen LogP contribution >= 0.6 is 11.3 Å². The molecule has 0 aliphatic rings. The van der Waals surface area contributed by atoms with E-state index < -0.39 is 0 Å². The Morgan fingerprint density at radius 1 is 1.19 bits per heavy atom. The monoisotopic (exact) mass is 301 g/mol. The summed E-state index contributed by atoms with van der Waals surface area (Å²) in [5, 5.41) is 5.49. The third kappa shape index (κ3) is 5.33. The van der Waals surface area contributed by atoms with Crippen molar-refractivity contribution < 1.29 is 0 Å². The van der Waals surface area contributed by atoms with Gasteiger partial charge in [-0.1, -0.05) is 18.2 Å². The van der Waals surface area contributed by atoms with E-state index in [1.54, 1.807) is 11.3 Å². The van der Waals surface area contributed by atoms with Crippen LogP contribution in [0.4, 0.5) is 5.69 Å². The Balaban J connectivity index is 1.94.